The Hall–Kier alpha value is -0.160. The molecule has 1 rings (SSSR count). The molecule has 1 aliphatic rings. The highest BCUT2D eigenvalue weighted by Crippen LogP contribution is 2.12. The van der Waals surface area contributed by atoms with Crippen molar-refractivity contribution in [2.45, 2.75) is 32.8 Å². The van der Waals surface area contributed by atoms with Crippen LogP contribution < -0.4 is 5.32 Å². The predicted octanol–water partition coefficient (Wildman–Crippen LogP) is 1.03. The van der Waals surface area contributed by atoms with Gasteiger partial charge in [-0.15, -0.1) is 0 Å². The number of rotatable bonds is 10. The van der Waals surface area contributed by atoms with Gasteiger partial charge in [0.15, 0.2) is 0 Å². The molecule has 18 heavy (non-hydrogen) atoms. The molecule has 0 spiro atoms. The van der Waals surface area contributed by atoms with Crippen LogP contribution in [0.25, 0.3) is 0 Å². The SMILES string of the molecule is CCN(CC)CCNCCN(C)CC1CCCO1. The molecule has 0 aromatic heterocycles. The molecule has 4 nitrogen and oxygen atoms in total. The minimum absolute atomic E-state index is 0.477. The van der Waals surface area contributed by atoms with E-state index < -0.39 is 0 Å². The van der Waals surface area contributed by atoms with Gasteiger partial charge in [0.25, 0.3) is 0 Å². The van der Waals surface area contributed by atoms with Gasteiger partial charge in [-0.2, -0.15) is 0 Å². The Morgan fingerprint density at radius 2 is 1.89 bits per heavy atom. The number of hydrogen-bond acceptors (Lipinski definition) is 4. The first kappa shape index (κ1) is 15.9. The maximum Gasteiger partial charge on any atom is 0.0702 e. The van der Waals surface area contributed by atoms with E-state index in [1.165, 1.54) is 12.8 Å². The zero-order valence-electron chi connectivity index (χ0n) is 12.5. The van der Waals surface area contributed by atoms with Crippen molar-refractivity contribution in [1.82, 2.24) is 15.1 Å². The Kier molecular flexibility index (Phi) is 8.59. The average Bonchev–Trinajstić information content (AvgIpc) is 2.86. The first-order valence-electron chi connectivity index (χ1n) is 7.49. The van der Waals surface area contributed by atoms with Crippen LogP contribution in [0.3, 0.4) is 0 Å². The van der Waals surface area contributed by atoms with Crippen molar-refractivity contribution in [2.24, 2.45) is 0 Å². The Morgan fingerprint density at radius 1 is 1.17 bits per heavy atom. The summed E-state index contributed by atoms with van der Waals surface area (Å²) in [4.78, 5) is 4.82. The van der Waals surface area contributed by atoms with Crippen molar-refractivity contribution in [3.8, 4) is 0 Å². The molecular weight excluding hydrogens is 226 g/mol. The molecule has 0 aliphatic carbocycles. The molecular formula is C14H31N3O. The molecule has 0 amide bonds. The second-order valence-corrected chi connectivity index (χ2v) is 5.17. The van der Waals surface area contributed by atoms with Crippen LogP contribution in [0.1, 0.15) is 26.7 Å². The van der Waals surface area contributed by atoms with Gasteiger partial charge >= 0.3 is 0 Å². The number of likely N-dealkylation sites (N-methyl/N-ethyl adjacent to an activating group) is 2. The second kappa shape index (κ2) is 9.73. The summed E-state index contributed by atoms with van der Waals surface area (Å²) in [6.45, 7) is 13.2. The maximum absolute atomic E-state index is 5.64. The lowest BCUT2D eigenvalue weighted by Gasteiger charge is -2.21. The van der Waals surface area contributed by atoms with Crippen LogP contribution in [0.5, 0.6) is 0 Å². The van der Waals surface area contributed by atoms with Crippen molar-refractivity contribution >= 4 is 0 Å². The minimum atomic E-state index is 0.477. The topological polar surface area (TPSA) is 27.7 Å². The fourth-order valence-corrected chi connectivity index (χ4v) is 2.40. The van der Waals surface area contributed by atoms with E-state index in [9.17, 15) is 0 Å². The van der Waals surface area contributed by atoms with Crippen LogP contribution in [0.15, 0.2) is 0 Å². The van der Waals surface area contributed by atoms with Gasteiger partial charge in [-0.05, 0) is 33.0 Å². The molecule has 0 saturated carbocycles. The van der Waals surface area contributed by atoms with Gasteiger partial charge in [-0.25, -0.2) is 0 Å². The Labute approximate surface area is 113 Å². The largest absolute Gasteiger partial charge is 0.377 e. The van der Waals surface area contributed by atoms with Crippen molar-refractivity contribution < 1.29 is 4.74 Å². The number of nitrogens with zero attached hydrogens (tertiary/aromatic N) is 2. The highest BCUT2D eigenvalue weighted by atomic mass is 16.5. The number of hydrogen-bond donors (Lipinski definition) is 1. The monoisotopic (exact) mass is 257 g/mol. The lowest BCUT2D eigenvalue weighted by Crippen LogP contribution is -2.37. The third-order valence-electron chi connectivity index (χ3n) is 3.71. The van der Waals surface area contributed by atoms with Crippen LogP contribution in [0.2, 0.25) is 0 Å². The van der Waals surface area contributed by atoms with Gasteiger partial charge in [0.2, 0.25) is 0 Å². The summed E-state index contributed by atoms with van der Waals surface area (Å²) in [7, 11) is 2.19. The van der Waals surface area contributed by atoms with Crippen molar-refractivity contribution in [1.29, 1.82) is 0 Å². The summed E-state index contributed by atoms with van der Waals surface area (Å²) in [5.41, 5.74) is 0. The molecule has 4 heteroatoms. The van der Waals surface area contributed by atoms with Gasteiger partial charge < -0.3 is 19.9 Å². The van der Waals surface area contributed by atoms with E-state index in [2.05, 4.69) is 36.0 Å². The highest BCUT2D eigenvalue weighted by molar-refractivity contribution is 4.69. The fourth-order valence-electron chi connectivity index (χ4n) is 2.40. The van der Waals surface area contributed by atoms with E-state index in [-0.39, 0.29) is 0 Å². The van der Waals surface area contributed by atoms with Crippen LogP contribution in [-0.4, -0.2) is 75.4 Å². The predicted molar refractivity (Wildman–Crippen MR) is 77.1 cm³/mol. The number of ether oxygens (including phenoxy) is 1. The summed E-state index contributed by atoms with van der Waals surface area (Å²) in [6.07, 6.45) is 2.95. The van der Waals surface area contributed by atoms with Gasteiger partial charge in [0.1, 0.15) is 0 Å². The molecule has 0 aromatic rings. The van der Waals surface area contributed by atoms with Gasteiger partial charge in [0.05, 0.1) is 6.10 Å². The second-order valence-electron chi connectivity index (χ2n) is 5.17. The zero-order valence-corrected chi connectivity index (χ0v) is 12.5. The van der Waals surface area contributed by atoms with E-state index in [0.29, 0.717) is 6.10 Å². The molecule has 1 N–H and O–H groups in total. The molecule has 1 fully saturated rings. The lowest BCUT2D eigenvalue weighted by atomic mass is 10.2. The Morgan fingerprint density at radius 3 is 2.50 bits per heavy atom. The standard InChI is InChI=1S/C14H31N3O/c1-4-17(5-2)11-9-15-8-10-16(3)13-14-7-6-12-18-14/h14-15H,4-13H2,1-3H3. The molecule has 0 aromatic carbocycles. The van der Waals surface area contributed by atoms with Crippen molar-refractivity contribution in [2.75, 3.05) is 59.5 Å². The van der Waals surface area contributed by atoms with E-state index in [1.54, 1.807) is 0 Å². The average molecular weight is 257 g/mol. The maximum atomic E-state index is 5.64. The highest BCUT2D eigenvalue weighted by Gasteiger charge is 2.16. The summed E-state index contributed by atoms with van der Waals surface area (Å²) in [5.74, 6) is 0. The van der Waals surface area contributed by atoms with Crippen LogP contribution in [0, 0.1) is 0 Å². The van der Waals surface area contributed by atoms with Crippen LogP contribution in [0.4, 0.5) is 0 Å². The normalized spacial score (nSPS) is 20.2. The summed E-state index contributed by atoms with van der Waals surface area (Å²) < 4.78 is 5.64. The molecule has 1 unspecified atom stereocenters. The first-order valence-corrected chi connectivity index (χ1v) is 7.49. The molecule has 0 bridgehead atoms. The molecule has 1 saturated heterocycles. The zero-order chi connectivity index (χ0) is 13.2. The quantitative estimate of drug-likeness (QED) is 0.592. The van der Waals surface area contributed by atoms with Crippen LogP contribution >= 0.6 is 0 Å². The summed E-state index contributed by atoms with van der Waals surface area (Å²) in [6, 6.07) is 0. The smallest absolute Gasteiger partial charge is 0.0702 e. The van der Waals surface area contributed by atoms with Gasteiger partial charge in [-0.3, -0.25) is 0 Å². The first-order chi connectivity index (χ1) is 8.76. The minimum Gasteiger partial charge on any atom is -0.377 e. The van der Waals surface area contributed by atoms with Crippen molar-refractivity contribution in [3.63, 3.8) is 0 Å². The third kappa shape index (κ3) is 6.69. The van der Waals surface area contributed by atoms with Gasteiger partial charge in [0, 0.05) is 39.3 Å². The molecule has 1 atom stereocenters. The number of nitrogens with one attached hydrogen (secondary N) is 1. The molecule has 108 valence electrons. The van der Waals surface area contributed by atoms with E-state index >= 15 is 0 Å². The third-order valence-corrected chi connectivity index (χ3v) is 3.71. The van der Waals surface area contributed by atoms with E-state index in [1.807, 2.05) is 0 Å². The molecule has 1 heterocycles. The van der Waals surface area contributed by atoms with Crippen molar-refractivity contribution in [3.05, 3.63) is 0 Å². The lowest BCUT2D eigenvalue weighted by molar-refractivity contribution is 0.0814. The summed E-state index contributed by atoms with van der Waals surface area (Å²) in [5, 5.41) is 3.52. The van der Waals surface area contributed by atoms with Crippen LogP contribution in [-0.2, 0) is 4.74 Å². The Bertz CT molecular complexity index is 191. The fraction of sp³-hybridized carbons (Fsp3) is 1.00. The van der Waals surface area contributed by atoms with E-state index in [0.717, 1.165) is 52.4 Å². The Balaban J connectivity index is 1.93. The molecule has 0 radical (unpaired) electrons. The molecule has 1 aliphatic heterocycles. The summed E-state index contributed by atoms with van der Waals surface area (Å²) >= 11 is 0. The van der Waals surface area contributed by atoms with E-state index in [4.69, 9.17) is 4.74 Å². The van der Waals surface area contributed by atoms with Gasteiger partial charge in [-0.1, -0.05) is 13.8 Å².